The molecule has 8 heteroatoms. The van der Waals surface area contributed by atoms with Crippen molar-refractivity contribution in [1.29, 1.82) is 0 Å². The third-order valence-electron chi connectivity index (χ3n) is 4.14. The molecule has 0 atom stereocenters. The van der Waals surface area contributed by atoms with Crippen LogP contribution in [0.25, 0.3) is 20.8 Å². The minimum Gasteiger partial charge on any atom is -0.493 e. The Morgan fingerprint density at radius 1 is 1.17 bits per heavy atom. The number of benzene rings is 2. The van der Waals surface area contributed by atoms with Gasteiger partial charge in [-0.1, -0.05) is 6.07 Å². The highest BCUT2D eigenvalue weighted by Gasteiger charge is 2.18. The number of aryl methyl sites for hydroxylation is 1. The van der Waals surface area contributed by atoms with Gasteiger partial charge in [0.1, 0.15) is 24.5 Å². The summed E-state index contributed by atoms with van der Waals surface area (Å²) < 4.78 is 16.1. The van der Waals surface area contributed by atoms with E-state index >= 15 is 0 Å². The lowest BCUT2D eigenvalue weighted by atomic mass is 10.2. The van der Waals surface area contributed by atoms with Gasteiger partial charge < -0.3 is 19.5 Å². The zero-order valence-electron chi connectivity index (χ0n) is 15.6. The number of anilines is 1. The molecule has 1 N–H and O–H groups in total. The number of carbonyl (C=O) groups excluding carboxylic acids is 2. The molecule has 7 nitrogen and oxygen atoms in total. The Morgan fingerprint density at radius 3 is 2.76 bits per heavy atom. The van der Waals surface area contributed by atoms with Crippen molar-refractivity contribution < 1.29 is 23.8 Å². The summed E-state index contributed by atoms with van der Waals surface area (Å²) in [5, 5.41) is 3.61. The maximum absolute atomic E-state index is 12.0. The standard InChI is InChI=1S/C21H18N2O5S/c1-13-2-7-16-18(10-13)29-20(23-16)14-3-5-15(6-4-14)22-19(24)12-28-21(25)17-11-26-8-9-27-17/h2-7,10-11H,8-9,12H2,1H3,(H,22,24). The van der Waals surface area contributed by atoms with Crippen LogP contribution in [0.1, 0.15) is 5.56 Å². The van der Waals surface area contributed by atoms with Crippen molar-refractivity contribution in [2.45, 2.75) is 6.92 Å². The molecule has 3 aromatic rings. The Labute approximate surface area is 170 Å². The first kappa shape index (κ1) is 18.9. The second-order valence-electron chi connectivity index (χ2n) is 6.39. The number of hydrogen-bond donors (Lipinski definition) is 1. The fraction of sp³-hybridized carbons (Fsp3) is 0.190. The number of nitrogens with zero attached hydrogens (tertiary/aromatic N) is 1. The SMILES string of the molecule is Cc1ccc2nc(-c3ccc(NC(=O)COC(=O)C4=COCCO4)cc3)sc2c1. The molecule has 0 bridgehead atoms. The maximum Gasteiger partial charge on any atom is 0.377 e. The second-order valence-corrected chi connectivity index (χ2v) is 7.42. The van der Waals surface area contributed by atoms with Gasteiger partial charge in [0.2, 0.25) is 5.76 Å². The van der Waals surface area contributed by atoms with Crippen LogP contribution in [0.2, 0.25) is 0 Å². The number of esters is 1. The van der Waals surface area contributed by atoms with Crippen molar-refractivity contribution in [2.75, 3.05) is 25.1 Å². The molecule has 2 aromatic carbocycles. The Morgan fingerprint density at radius 2 is 2.00 bits per heavy atom. The lowest BCUT2D eigenvalue weighted by Gasteiger charge is -2.14. The molecule has 0 aliphatic carbocycles. The summed E-state index contributed by atoms with van der Waals surface area (Å²) in [5.41, 5.74) is 3.74. The molecule has 1 aliphatic rings. The van der Waals surface area contributed by atoms with Gasteiger partial charge in [0.15, 0.2) is 6.61 Å². The number of amides is 1. The van der Waals surface area contributed by atoms with Crippen LogP contribution in [0.5, 0.6) is 0 Å². The van der Waals surface area contributed by atoms with Crippen LogP contribution < -0.4 is 5.32 Å². The van der Waals surface area contributed by atoms with Crippen molar-refractivity contribution in [3.05, 3.63) is 60.0 Å². The molecular formula is C21H18N2O5S. The molecular weight excluding hydrogens is 392 g/mol. The highest BCUT2D eigenvalue weighted by molar-refractivity contribution is 7.21. The first-order valence-electron chi connectivity index (χ1n) is 8.98. The van der Waals surface area contributed by atoms with Gasteiger partial charge in [0, 0.05) is 11.3 Å². The largest absolute Gasteiger partial charge is 0.493 e. The average molecular weight is 410 g/mol. The maximum atomic E-state index is 12.0. The van der Waals surface area contributed by atoms with Crippen LogP contribution >= 0.6 is 11.3 Å². The number of fused-ring (bicyclic) bond motifs is 1. The zero-order chi connectivity index (χ0) is 20.2. The second kappa shape index (κ2) is 8.32. The quantitative estimate of drug-likeness (QED) is 0.646. The average Bonchev–Trinajstić information content (AvgIpc) is 3.16. The lowest BCUT2D eigenvalue weighted by molar-refractivity contribution is -0.148. The van der Waals surface area contributed by atoms with E-state index in [1.807, 2.05) is 24.3 Å². The summed E-state index contributed by atoms with van der Waals surface area (Å²) in [6.45, 7) is 2.29. The summed E-state index contributed by atoms with van der Waals surface area (Å²) in [6.07, 6.45) is 1.19. The summed E-state index contributed by atoms with van der Waals surface area (Å²) in [6, 6.07) is 13.5. The van der Waals surface area contributed by atoms with E-state index in [-0.39, 0.29) is 12.4 Å². The highest BCUT2D eigenvalue weighted by atomic mass is 32.1. The monoisotopic (exact) mass is 410 g/mol. The molecule has 0 radical (unpaired) electrons. The van der Waals surface area contributed by atoms with Crippen molar-refractivity contribution in [2.24, 2.45) is 0 Å². The molecule has 4 rings (SSSR count). The van der Waals surface area contributed by atoms with Crippen LogP contribution in [0.4, 0.5) is 5.69 Å². The predicted molar refractivity (Wildman–Crippen MR) is 109 cm³/mol. The summed E-state index contributed by atoms with van der Waals surface area (Å²) >= 11 is 1.63. The van der Waals surface area contributed by atoms with Gasteiger partial charge in [0.05, 0.1) is 10.2 Å². The van der Waals surface area contributed by atoms with Gasteiger partial charge in [0.25, 0.3) is 5.91 Å². The van der Waals surface area contributed by atoms with Crippen molar-refractivity contribution in [3.63, 3.8) is 0 Å². The summed E-state index contributed by atoms with van der Waals surface area (Å²) in [5.74, 6) is -1.22. The Balaban J connectivity index is 1.35. The predicted octanol–water partition coefficient (Wildman–Crippen LogP) is 3.64. The molecule has 0 unspecified atom stereocenters. The molecule has 0 spiro atoms. The third-order valence-corrected chi connectivity index (χ3v) is 5.21. The molecule has 148 valence electrons. The van der Waals surface area contributed by atoms with E-state index in [4.69, 9.17) is 14.2 Å². The lowest BCUT2D eigenvalue weighted by Crippen LogP contribution is -2.23. The number of carbonyl (C=O) groups is 2. The number of hydrogen-bond acceptors (Lipinski definition) is 7. The van der Waals surface area contributed by atoms with Crippen LogP contribution in [-0.2, 0) is 23.8 Å². The summed E-state index contributed by atoms with van der Waals surface area (Å²) in [7, 11) is 0. The third kappa shape index (κ3) is 4.55. The minimum atomic E-state index is -0.735. The molecule has 0 saturated heterocycles. The van der Waals surface area contributed by atoms with E-state index in [2.05, 4.69) is 23.3 Å². The summed E-state index contributed by atoms with van der Waals surface area (Å²) in [4.78, 5) is 28.4. The highest BCUT2D eigenvalue weighted by Crippen LogP contribution is 2.31. The smallest absolute Gasteiger partial charge is 0.377 e. The van der Waals surface area contributed by atoms with E-state index in [0.717, 1.165) is 20.8 Å². The number of ether oxygens (including phenoxy) is 3. The van der Waals surface area contributed by atoms with E-state index in [1.165, 1.54) is 11.8 Å². The Bertz CT molecular complexity index is 1090. The van der Waals surface area contributed by atoms with E-state index in [1.54, 1.807) is 23.5 Å². The van der Waals surface area contributed by atoms with E-state index in [0.29, 0.717) is 12.3 Å². The molecule has 2 heterocycles. The molecule has 1 aliphatic heterocycles. The molecule has 1 amide bonds. The molecule has 1 aromatic heterocycles. The fourth-order valence-corrected chi connectivity index (χ4v) is 3.80. The zero-order valence-corrected chi connectivity index (χ0v) is 16.5. The minimum absolute atomic E-state index is 0.0422. The molecule has 0 fully saturated rings. The van der Waals surface area contributed by atoms with Crippen LogP contribution in [0.15, 0.2) is 54.5 Å². The topological polar surface area (TPSA) is 86.8 Å². The molecule has 0 saturated carbocycles. The normalized spacial score (nSPS) is 13.2. The van der Waals surface area contributed by atoms with Crippen molar-refractivity contribution in [1.82, 2.24) is 4.98 Å². The van der Waals surface area contributed by atoms with Crippen LogP contribution in [0, 0.1) is 6.92 Å². The number of rotatable bonds is 5. The van der Waals surface area contributed by atoms with E-state index < -0.39 is 18.5 Å². The fourth-order valence-electron chi connectivity index (χ4n) is 2.73. The van der Waals surface area contributed by atoms with Gasteiger partial charge in [-0.15, -0.1) is 11.3 Å². The number of thiazole rings is 1. The first-order chi connectivity index (χ1) is 14.1. The van der Waals surface area contributed by atoms with Crippen molar-refractivity contribution in [3.8, 4) is 10.6 Å². The van der Waals surface area contributed by atoms with E-state index in [9.17, 15) is 9.59 Å². The number of aromatic nitrogens is 1. The van der Waals surface area contributed by atoms with Crippen LogP contribution in [0.3, 0.4) is 0 Å². The molecule has 29 heavy (non-hydrogen) atoms. The first-order valence-corrected chi connectivity index (χ1v) is 9.79. The number of nitrogens with one attached hydrogen (secondary N) is 1. The van der Waals surface area contributed by atoms with Gasteiger partial charge >= 0.3 is 5.97 Å². The van der Waals surface area contributed by atoms with Gasteiger partial charge in [-0.05, 0) is 48.9 Å². The van der Waals surface area contributed by atoms with Crippen molar-refractivity contribution >= 4 is 39.1 Å². The Hall–Kier alpha value is -3.39. The Kier molecular flexibility index (Phi) is 5.44. The van der Waals surface area contributed by atoms with Crippen LogP contribution in [-0.4, -0.2) is 36.7 Å². The van der Waals surface area contributed by atoms with Gasteiger partial charge in [-0.25, -0.2) is 9.78 Å². The van der Waals surface area contributed by atoms with Gasteiger partial charge in [-0.3, -0.25) is 4.79 Å². The van der Waals surface area contributed by atoms with Gasteiger partial charge in [-0.2, -0.15) is 0 Å².